The number of nitrogens with zero attached hydrogens (tertiary/aromatic N) is 2. The Morgan fingerprint density at radius 2 is 0.905 bits per heavy atom. The lowest BCUT2D eigenvalue weighted by Gasteiger charge is -2.27. The van der Waals surface area contributed by atoms with Crippen LogP contribution in [0, 0.1) is 0 Å². The molecule has 0 radical (unpaired) electrons. The number of imide groups is 2. The van der Waals surface area contributed by atoms with Gasteiger partial charge in [0.25, 0.3) is 0 Å². The van der Waals surface area contributed by atoms with Crippen LogP contribution in [0.5, 0.6) is 11.5 Å². The fourth-order valence-electron chi connectivity index (χ4n) is 4.76. The monoisotopic (exact) mass is 566 g/mol. The number of hydrogen-bond acceptors (Lipinski definition) is 8. The molecule has 2 heterocycles. The topological polar surface area (TPSA) is 151 Å². The van der Waals surface area contributed by atoms with E-state index in [4.69, 9.17) is 9.47 Å². The first-order valence-corrected chi connectivity index (χ1v) is 13.0. The third-order valence-corrected chi connectivity index (χ3v) is 6.88. The highest BCUT2D eigenvalue weighted by molar-refractivity contribution is 6.25. The molecule has 12 heteroatoms. The number of carbonyl (C=O) groups is 6. The molecule has 0 aromatic heterocycles. The molecule has 0 atom stereocenters. The van der Waals surface area contributed by atoms with E-state index < -0.39 is 23.6 Å². The summed E-state index contributed by atoms with van der Waals surface area (Å²) < 4.78 is 11.9. The van der Waals surface area contributed by atoms with Gasteiger partial charge >= 0.3 is 12.1 Å². The van der Waals surface area contributed by atoms with Gasteiger partial charge in [0.1, 0.15) is 11.5 Å². The molecule has 2 N–H and O–H groups in total. The summed E-state index contributed by atoms with van der Waals surface area (Å²) in [5.41, 5.74) is 1.36. The zero-order valence-corrected chi connectivity index (χ0v) is 21.9. The summed E-state index contributed by atoms with van der Waals surface area (Å²) >= 11 is 0. The van der Waals surface area contributed by atoms with Crippen LogP contribution in [-0.4, -0.2) is 48.5 Å². The highest BCUT2D eigenvalue weighted by Gasteiger charge is 2.36. The second kappa shape index (κ2) is 10.7. The van der Waals surface area contributed by atoms with Gasteiger partial charge in [-0.25, -0.2) is 9.59 Å². The summed E-state index contributed by atoms with van der Waals surface area (Å²) in [6, 6.07) is 17.8. The molecule has 0 bridgehead atoms. The number of allylic oxidation sites excluding steroid dienone is 2. The Kier molecular flexibility index (Phi) is 6.71. The Bertz CT molecular complexity index is 1570. The fraction of sp³-hybridized carbons (Fsp3) is 0.133. The van der Waals surface area contributed by atoms with Crippen LogP contribution in [0.4, 0.5) is 21.0 Å². The maximum atomic E-state index is 13.5. The normalized spacial score (nSPS) is 17.1. The number of rotatable bonds is 6. The van der Waals surface area contributed by atoms with Crippen molar-refractivity contribution in [2.45, 2.75) is 12.8 Å². The maximum absolute atomic E-state index is 13.5. The zero-order chi connectivity index (χ0) is 29.4. The van der Waals surface area contributed by atoms with Gasteiger partial charge in [0.05, 0.1) is 0 Å². The van der Waals surface area contributed by atoms with Crippen molar-refractivity contribution in [2.75, 3.05) is 22.9 Å². The Balaban J connectivity index is 1.28. The summed E-state index contributed by atoms with van der Waals surface area (Å²) in [7, 11) is 0. The summed E-state index contributed by atoms with van der Waals surface area (Å²) in [6.45, 7) is 0.439. The molecule has 42 heavy (non-hydrogen) atoms. The van der Waals surface area contributed by atoms with E-state index in [-0.39, 0.29) is 71.9 Å². The van der Waals surface area contributed by atoms with Gasteiger partial charge in [-0.3, -0.25) is 39.6 Å². The lowest BCUT2D eigenvalue weighted by molar-refractivity contribution is -0.121. The van der Waals surface area contributed by atoms with Crippen LogP contribution in [0.15, 0.2) is 84.3 Å². The van der Waals surface area contributed by atoms with Crippen molar-refractivity contribution in [3.8, 4) is 11.5 Å². The van der Waals surface area contributed by atoms with Crippen molar-refractivity contribution in [3.63, 3.8) is 0 Å². The van der Waals surface area contributed by atoms with Gasteiger partial charge in [-0.2, -0.15) is 0 Å². The number of urea groups is 2. The van der Waals surface area contributed by atoms with Crippen molar-refractivity contribution >= 4 is 46.8 Å². The quantitative estimate of drug-likeness (QED) is 0.461. The van der Waals surface area contributed by atoms with Crippen LogP contribution in [0.3, 0.4) is 0 Å². The van der Waals surface area contributed by atoms with Gasteiger partial charge in [-0.1, -0.05) is 24.3 Å². The molecule has 1 aliphatic carbocycles. The van der Waals surface area contributed by atoms with E-state index in [0.29, 0.717) is 11.4 Å². The van der Waals surface area contributed by atoms with Crippen LogP contribution >= 0.6 is 0 Å². The molecule has 0 unspecified atom stereocenters. The largest absolute Gasteiger partial charge is 0.449 e. The molecule has 2 aliphatic heterocycles. The van der Waals surface area contributed by atoms with E-state index in [0.717, 1.165) is 0 Å². The van der Waals surface area contributed by atoms with Crippen molar-refractivity contribution in [2.24, 2.45) is 0 Å². The third-order valence-electron chi connectivity index (χ3n) is 6.88. The number of ketones is 2. The Morgan fingerprint density at radius 1 is 0.524 bits per heavy atom. The van der Waals surface area contributed by atoms with E-state index >= 15 is 0 Å². The summed E-state index contributed by atoms with van der Waals surface area (Å²) in [5, 5.41) is 4.52. The van der Waals surface area contributed by atoms with Crippen molar-refractivity contribution in [1.82, 2.24) is 10.6 Å². The number of benzene rings is 3. The molecule has 3 aromatic rings. The van der Waals surface area contributed by atoms with E-state index in [1.165, 1.54) is 46.2 Å². The first kappa shape index (κ1) is 26.4. The van der Waals surface area contributed by atoms with Gasteiger partial charge in [0.15, 0.2) is 0 Å². The molecule has 2 saturated heterocycles. The first-order chi connectivity index (χ1) is 20.3. The van der Waals surface area contributed by atoms with Crippen molar-refractivity contribution < 1.29 is 38.2 Å². The Hall–Kier alpha value is -5.78. The summed E-state index contributed by atoms with van der Waals surface area (Å²) in [4.78, 5) is 77.1. The van der Waals surface area contributed by atoms with Crippen LogP contribution < -0.4 is 29.9 Å². The van der Waals surface area contributed by atoms with Crippen molar-refractivity contribution in [3.05, 3.63) is 95.4 Å². The first-order valence-electron chi connectivity index (χ1n) is 13.0. The van der Waals surface area contributed by atoms with Gasteiger partial charge in [-0.05, 0) is 48.5 Å². The standard InChI is InChI=1S/C30H22N4O8/c35-23-13-15-33(29(39)31-23)17-5-9-19(10-6-17)41-27-25(37)21-3-1-2-4-22(21)26(38)28(27)42-20-11-7-18(8-12-20)34-16-14-24(36)32-30(34)40/h1-12H,13-16H2,(H,31,35,39)(H,32,36,40). The molecule has 2 fully saturated rings. The van der Waals surface area contributed by atoms with Crippen molar-refractivity contribution in [1.29, 1.82) is 0 Å². The number of fused-ring (bicyclic) bond motifs is 1. The molecule has 12 nitrogen and oxygen atoms in total. The van der Waals surface area contributed by atoms with Crippen LogP contribution in [0.2, 0.25) is 0 Å². The minimum atomic E-state index is -0.551. The number of Topliss-reactive ketones (excluding diaryl/α,β-unsaturated/α-hetero) is 2. The number of ether oxygens (including phenoxy) is 2. The number of anilines is 2. The average molecular weight is 567 g/mol. The molecule has 6 amide bonds. The second-order valence-corrected chi connectivity index (χ2v) is 9.56. The summed E-state index contributed by atoms with van der Waals surface area (Å²) in [5.74, 6) is -2.00. The van der Waals surface area contributed by atoms with E-state index in [9.17, 15) is 28.8 Å². The zero-order valence-electron chi connectivity index (χ0n) is 21.9. The Morgan fingerprint density at radius 3 is 1.26 bits per heavy atom. The van der Waals surface area contributed by atoms with E-state index in [1.807, 2.05) is 0 Å². The molecule has 3 aromatic carbocycles. The minimum Gasteiger partial charge on any atom is -0.449 e. The molecule has 0 saturated carbocycles. The molecular weight excluding hydrogens is 544 g/mol. The lowest BCUT2D eigenvalue weighted by Crippen LogP contribution is -2.49. The van der Waals surface area contributed by atoms with Crippen LogP contribution in [0.25, 0.3) is 0 Å². The third kappa shape index (κ3) is 4.96. The van der Waals surface area contributed by atoms with E-state index in [2.05, 4.69) is 10.6 Å². The van der Waals surface area contributed by atoms with Crippen LogP contribution in [-0.2, 0) is 9.59 Å². The predicted molar refractivity (Wildman–Crippen MR) is 147 cm³/mol. The lowest BCUT2D eigenvalue weighted by atomic mass is 9.92. The second-order valence-electron chi connectivity index (χ2n) is 9.56. The number of amides is 6. The fourth-order valence-corrected chi connectivity index (χ4v) is 4.76. The van der Waals surface area contributed by atoms with Gasteiger partial charge in [-0.15, -0.1) is 0 Å². The minimum absolute atomic E-state index is 0.164. The Labute approximate surface area is 238 Å². The molecule has 210 valence electrons. The van der Waals surface area contributed by atoms with Gasteiger partial charge < -0.3 is 9.47 Å². The van der Waals surface area contributed by atoms with Gasteiger partial charge in [0.2, 0.25) is 34.9 Å². The molecule has 6 rings (SSSR count). The number of nitrogens with one attached hydrogen (secondary N) is 2. The highest BCUT2D eigenvalue weighted by atomic mass is 16.5. The SMILES string of the molecule is O=C1CCN(c2ccc(OC3=C(Oc4ccc(N5CCC(=O)NC5=O)cc4)C(=O)c4ccccc4C3=O)cc2)C(=O)N1. The smallest absolute Gasteiger partial charge is 0.328 e. The summed E-state index contributed by atoms with van der Waals surface area (Å²) in [6.07, 6.45) is 0.332. The maximum Gasteiger partial charge on any atom is 0.328 e. The number of hydrogen-bond donors (Lipinski definition) is 2. The highest BCUT2D eigenvalue weighted by Crippen LogP contribution is 2.32. The molecule has 3 aliphatic rings. The predicted octanol–water partition coefficient (Wildman–Crippen LogP) is 3.33. The molecule has 0 spiro atoms. The number of carbonyl (C=O) groups excluding carboxylic acids is 6. The molecular formula is C30H22N4O8. The van der Waals surface area contributed by atoms with Crippen LogP contribution in [0.1, 0.15) is 33.6 Å². The van der Waals surface area contributed by atoms with Gasteiger partial charge in [0, 0.05) is 48.4 Å². The van der Waals surface area contributed by atoms with E-state index in [1.54, 1.807) is 36.4 Å². The average Bonchev–Trinajstić information content (AvgIpc) is 2.99.